The normalized spacial score (nSPS) is 36.1. The monoisotopic (exact) mass is 528 g/mol. The van der Waals surface area contributed by atoms with E-state index in [2.05, 4.69) is 26.8 Å². The molecule has 0 aromatic heterocycles. The maximum absolute atomic E-state index is 13.1. The van der Waals surface area contributed by atoms with Gasteiger partial charge in [-0.25, -0.2) is 0 Å². The summed E-state index contributed by atoms with van der Waals surface area (Å²) in [6, 6.07) is 0. The summed E-state index contributed by atoms with van der Waals surface area (Å²) < 4.78 is 11.9. The van der Waals surface area contributed by atoms with Crippen molar-refractivity contribution in [3.8, 4) is 0 Å². The van der Waals surface area contributed by atoms with E-state index in [0.717, 1.165) is 51.4 Å². The number of hydrogen-bond donors (Lipinski definition) is 0. The van der Waals surface area contributed by atoms with Gasteiger partial charge in [-0.05, 0) is 61.9 Å². The molecule has 0 saturated heterocycles. The van der Waals surface area contributed by atoms with E-state index < -0.39 is 0 Å². The fraction of sp³-hybridized carbons (Fsp3) is 0.848. The molecule has 0 bridgehead atoms. The minimum absolute atomic E-state index is 0.0221. The van der Waals surface area contributed by atoms with Crippen molar-refractivity contribution in [2.45, 2.75) is 149 Å². The van der Waals surface area contributed by atoms with Gasteiger partial charge in [0, 0.05) is 37.5 Å². The van der Waals surface area contributed by atoms with E-state index in [1.54, 1.807) is 0 Å². The number of carbonyl (C=O) groups is 3. The lowest BCUT2D eigenvalue weighted by molar-refractivity contribution is -0.161. The van der Waals surface area contributed by atoms with E-state index >= 15 is 0 Å². The summed E-state index contributed by atoms with van der Waals surface area (Å²) in [5.41, 5.74) is 1.04. The summed E-state index contributed by atoms with van der Waals surface area (Å²) in [7, 11) is 0. The molecule has 3 saturated carbocycles. The number of hydrogen-bond acceptors (Lipinski definition) is 5. The lowest BCUT2D eigenvalue weighted by Gasteiger charge is -2.58. The molecular formula is C33H52O5. The average Bonchev–Trinajstić information content (AvgIpc) is 3.17. The number of carbonyl (C=O) groups excluding carboxylic acids is 3. The number of Topliss-reactive ketones (excluding diaryl/α,β-unsaturated/α-hetero) is 1. The lowest BCUT2D eigenvalue weighted by atomic mass is 9.47. The van der Waals surface area contributed by atoms with Crippen LogP contribution in [0.2, 0.25) is 0 Å². The smallest absolute Gasteiger partial charge is 0.306 e. The maximum Gasteiger partial charge on any atom is 0.306 e. The molecule has 0 heterocycles. The number of rotatable bonds is 12. The molecule has 4 aliphatic carbocycles. The number of esters is 2. The molecule has 3 fully saturated rings. The van der Waals surface area contributed by atoms with Crippen LogP contribution in [-0.2, 0) is 23.9 Å². The Balaban J connectivity index is 1.42. The summed E-state index contributed by atoms with van der Waals surface area (Å²) in [6.45, 7) is 8.27. The molecule has 4 unspecified atom stereocenters. The zero-order valence-corrected chi connectivity index (χ0v) is 24.5. The molecule has 0 radical (unpaired) electrons. The second kappa shape index (κ2) is 12.7. The quantitative estimate of drug-likeness (QED) is 0.146. The number of ketones is 1. The molecule has 4 aliphatic rings. The van der Waals surface area contributed by atoms with Crippen LogP contribution in [-0.4, -0.2) is 29.9 Å². The van der Waals surface area contributed by atoms with Gasteiger partial charge in [0.15, 0.2) is 0 Å². The third-order valence-electron chi connectivity index (χ3n) is 10.9. The topological polar surface area (TPSA) is 69.7 Å². The van der Waals surface area contributed by atoms with Gasteiger partial charge in [0.25, 0.3) is 0 Å². The predicted molar refractivity (Wildman–Crippen MR) is 149 cm³/mol. The Morgan fingerprint density at radius 1 is 0.868 bits per heavy atom. The first-order chi connectivity index (χ1) is 18.2. The van der Waals surface area contributed by atoms with Crippen molar-refractivity contribution >= 4 is 17.7 Å². The molecule has 38 heavy (non-hydrogen) atoms. The molecule has 5 nitrogen and oxygen atoms in total. The third-order valence-corrected chi connectivity index (χ3v) is 10.9. The van der Waals surface area contributed by atoms with Gasteiger partial charge < -0.3 is 9.47 Å². The highest BCUT2D eigenvalue weighted by Crippen LogP contribution is 2.64. The van der Waals surface area contributed by atoms with Gasteiger partial charge in [0.05, 0.1) is 0 Å². The zero-order chi connectivity index (χ0) is 27.3. The van der Waals surface area contributed by atoms with Crippen molar-refractivity contribution in [2.24, 2.45) is 28.6 Å². The van der Waals surface area contributed by atoms with Crippen molar-refractivity contribution in [1.82, 2.24) is 0 Å². The lowest BCUT2D eigenvalue weighted by Crippen LogP contribution is -2.55. The second-order valence-corrected chi connectivity index (χ2v) is 13.3. The summed E-state index contributed by atoms with van der Waals surface area (Å²) in [5, 5.41) is 0. The first kappa shape index (κ1) is 29.3. The summed E-state index contributed by atoms with van der Waals surface area (Å²) in [6.07, 6.45) is 19.4. The summed E-state index contributed by atoms with van der Waals surface area (Å²) in [4.78, 5) is 37.7. The van der Waals surface area contributed by atoms with E-state index in [1.807, 2.05) is 0 Å². The molecule has 7 atom stereocenters. The molecule has 214 valence electrons. The molecule has 0 N–H and O–H groups in total. The van der Waals surface area contributed by atoms with Crippen molar-refractivity contribution in [3.63, 3.8) is 0 Å². The minimum Gasteiger partial charge on any atom is -0.462 e. The van der Waals surface area contributed by atoms with Crippen LogP contribution < -0.4 is 0 Å². The highest BCUT2D eigenvalue weighted by Gasteiger charge is 2.61. The van der Waals surface area contributed by atoms with Crippen LogP contribution in [0.1, 0.15) is 137 Å². The first-order valence-electron chi connectivity index (χ1n) is 15.8. The van der Waals surface area contributed by atoms with Crippen LogP contribution in [0.3, 0.4) is 0 Å². The summed E-state index contributed by atoms with van der Waals surface area (Å²) in [5.74, 6) is 0.955. The van der Waals surface area contributed by atoms with Crippen molar-refractivity contribution in [3.05, 3.63) is 11.6 Å². The van der Waals surface area contributed by atoms with Gasteiger partial charge in [-0.1, -0.05) is 77.7 Å². The molecule has 0 amide bonds. The van der Waals surface area contributed by atoms with Crippen LogP contribution in [0, 0.1) is 28.6 Å². The van der Waals surface area contributed by atoms with Gasteiger partial charge >= 0.3 is 11.9 Å². The highest BCUT2D eigenvalue weighted by molar-refractivity contribution is 5.87. The van der Waals surface area contributed by atoms with Gasteiger partial charge in [0.1, 0.15) is 18.0 Å². The van der Waals surface area contributed by atoms with E-state index in [4.69, 9.17) is 9.47 Å². The maximum atomic E-state index is 13.1. The van der Waals surface area contributed by atoms with E-state index in [-0.39, 0.29) is 46.8 Å². The van der Waals surface area contributed by atoms with Gasteiger partial charge in [-0.15, -0.1) is 0 Å². The largest absolute Gasteiger partial charge is 0.462 e. The zero-order valence-electron chi connectivity index (χ0n) is 24.5. The van der Waals surface area contributed by atoms with Crippen LogP contribution in [0.25, 0.3) is 0 Å². The SMILES string of the molecule is CCCCCCCCCCCC(=O)OC1C=C2C[C@@H](OC(C)=O)CC[C@]2(C)C2CC[C@]3(C)C(=O)CCC3C12. The van der Waals surface area contributed by atoms with E-state index in [1.165, 1.54) is 57.4 Å². The number of unbranched alkanes of at least 4 members (excludes halogenated alkanes) is 8. The van der Waals surface area contributed by atoms with Crippen LogP contribution in [0.15, 0.2) is 11.6 Å². The van der Waals surface area contributed by atoms with E-state index in [9.17, 15) is 14.4 Å². The third kappa shape index (κ3) is 6.22. The fourth-order valence-corrected chi connectivity index (χ4v) is 8.60. The Labute approximate surface area is 230 Å². The molecule has 5 heteroatoms. The average molecular weight is 529 g/mol. The molecular weight excluding hydrogens is 476 g/mol. The minimum atomic E-state index is -0.278. The molecule has 0 spiro atoms. The van der Waals surface area contributed by atoms with Crippen LogP contribution in [0.4, 0.5) is 0 Å². The Morgan fingerprint density at radius 3 is 2.18 bits per heavy atom. The van der Waals surface area contributed by atoms with Crippen LogP contribution in [0.5, 0.6) is 0 Å². The molecule has 0 aromatic rings. The van der Waals surface area contributed by atoms with Gasteiger partial charge in [-0.2, -0.15) is 0 Å². The second-order valence-electron chi connectivity index (χ2n) is 13.3. The predicted octanol–water partition coefficient (Wildman–Crippen LogP) is 7.89. The Hall–Kier alpha value is -1.65. The molecule has 0 aromatic carbocycles. The standard InChI is InChI=1S/C33H52O5/c1-5-6-7-8-9-10-11-12-13-14-30(36)38-28-22-24-21-25(37-23(2)34)17-19-32(24,3)27-18-20-33(4)26(31(27)28)15-16-29(33)35/h22,25-28,31H,5-21H2,1-4H3/t25-,26?,27?,28?,31?,32-,33-/m0/s1. The van der Waals surface area contributed by atoms with Crippen molar-refractivity contribution in [2.75, 3.05) is 0 Å². The molecule has 4 rings (SSSR count). The van der Waals surface area contributed by atoms with Gasteiger partial charge in [0.2, 0.25) is 0 Å². The Bertz CT molecular complexity index is 892. The first-order valence-corrected chi connectivity index (χ1v) is 15.8. The Kier molecular flexibility index (Phi) is 9.79. The van der Waals surface area contributed by atoms with Crippen LogP contribution >= 0.6 is 0 Å². The van der Waals surface area contributed by atoms with Crippen molar-refractivity contribution < 1.29 is 23.9 Å². The number of ether oxygens (including phenoxy) is 2. The number of fused-ring (bicyclic) bond motifs is 5. The van der Waals surface area contributed by atoms with E-state index in [0.29, 0.717) is 24.5 Å². The van der Waals surface area contributed by atoms with Gasteiger partial charge in [-0.3, -0.25) is 14.4 Å². The summed E-state index contributed by atoms with van der Waals surface area (Å²) >= 11 is 0. The highest BCUT2D eigenvalue weighted by atomic mass is 16.5. The Morgan fingerprint density at radius 2 is 1.50 bits per heavy atom. The molecule has 0 aliphatic heterocycles. The van der Waals surface area contributed by atoms with Crippen molar-refractivity contribution in [1.29, 1.82) is 0 Å². The fourth-order valence-electron chi connectivity index (χ4n) is 8.60.